The maximum atomic E-state index is 12.5. The molecule has 0 radical (unpaired) electrons. The van der Waals surface area contributed by atoms with Gasteiger partial charge in [-0.15, -0.1) is 0 Å². The van der Waals surface area contributed by atoms with Gasteiger partial charge in [-0.2, -0.15) is 0 Å². The molecule has 0 bridgehead atoms. The van der Waals surface area contributed by atoms with Crippen LogP contribution >= 0.6 is 0 Å². The second kappa shape index (κ2) is 7.50. The lowest BCUT2D eigenvalue weighted by Crippen LogP contribution is -2.50. The first-order valence-electron chi connectivity index (χ1n) is 8.94. The summed E-state index contributed by atoms with van der Waals surface area (Å²) in [5.74, 6) is 1.23. The quantitative estimate of drug-likeness (QED) is 0.902. The molecule has 2 heterocycles. The van der Waals surface area contributed by atoms with E-state index >= 15 is 0 Å². The highest BCUT2D eigenvalue weighted by Gasteiger charge is 2.31. The normalized spacial score (nSPS) is 18.2. The maximum Gasteiger partial charge on any atom is 0.410 e. The first kappa shape index (κ1) is 19.3. The number of piperidine rings is 1. The molecule has 1 aliphatic heterocycles. The number of hydrogen-bond donors (Lipinski definition) is 1. The predicted molar refractivity (Wildman–Crippen MR) is 95.8 cm³/mol. The van der Waals surface area contributed by atoms with Crippen molar-refractivity contribution in [2.45, 2.75) is 72.4 Å². The summed E-state index contributed by atoms with van der Waals surface area (Å²) in [6.45, 7) is 12.2. The fourth-order valence-corrected chi connectivity index (χ4v) is 3.20. The van der Waals surface area contributed by atoms with Gasteiger partial charge in [-0.1, -0.05) is 0 Å². The lowest BCUT2D eigenvalue weighted by molar-refractivity contribution is 0.00985. The fourth-order valence-electron chi connectivity index (χ4n) is 3.20. The van der Waals surface area contributed by atoms with Gasteiger partial charge in [0.15, 0.2) is 0 Å². The van der Waals surface area contributed by atoms with Crippen LogP contribution < -0.4 is 5.32 Å². The molecule has 25 heavy (non-hydrogen) atoms. The minimum absolute atomic E-state index is 0.0406. The van der Waals surface area contributed by atoms with Crippen LogP contribution in [-0.4, -0.2) is 41.6 Å². The number of ether oxygens (including phenoxy) is 1. The molecule has 0 aliphatic carbocycles. The van der Waals surface area contributed by atoms with Gasteiger partial charge in [0.2, 0.25) is 0 Å². The molecule has 1 fully saturated rings. The Bertz CT molecular complexity index is 643. The lowest BCUT2D eigenvalue weighted by Gasteiger charge is -2.36. The molecule has 1 aromatic rings. The zero-order valence-electron chi connectivity index (χ0n) is 16.2. The predicted octanol–water partition coefficient (Wildman–Crippen LogP) is 3.72. The van der Waals surface area contributed by atoms with Crippen molar-refractivity contribution < 1.29 is 18.7 Å². The van der Waals surface area contributed by atoms with Crippen molar-refractivity contribution in [1.29, 1.82) is 0 Å². The number of furan rings is 1. The molecule has 0 saturated carbocycles. The van der Waals surface area contributed by atoms with Crippen molar-refractivity contribution in [3.63, 3.8) is 0 Å². The Labute approximate surface area is 149 Å². The monoisotopic (exact) mass is 350 g/mol. The van der Waals surface area contributed by atoms with Crippen molar-refractivity contribution >= 4 is 12.0 Å². The highest BCUT2D eigenvalue weighted by molar-refractivity contribution is 5.96. The highest BCUT2D eigenvalue weighted by atomic mass is 16.6. The van der Waals surface area contributed by atoms with E-state index in [1.54, 1.807) is 11.8 Å². The number of aryl methyl sites for hydroxylation is 2. The van der Waals surface area contributed by atoms with Crippen molar-refractivity contribution in [3.8, 4) is 0 Å². The molecule has 0 unspecified atom stereocenters. The number of rotatable bonds is 3. The summed E-state index contributed by atoms with van der Waals surface area (Å²) in [7, 11) is 0. The Morgan fingerprint density at radius 2 is 1.88 bits per heavy atom. The van der Waals surface area contributed by atoms with Crippen LogP contribution in [-0.2, 0) is 4.74 Å². The number of carbonyl (C=O) groups is 2. The molecule has 0 spiro atoms. The van der Waals surface area contributed by atoms with E-state index in [0.29, 0.717) is 24.4 Å². The third-order valence-corrected chi connectivity index (χ3v) is 4.54. The third-order valence-electron chi connectivity index (χ3n) is 4.54. The van der Waals surface area contributed by atoms with E-state index in [4.69, 9.17) is 9.15 Å². The second-order valence-electron chi connectivity index (χ2n) is 7.75. The van der Waals surface area contributed by atoms with Crippen molar-refractivity contribution in [2.75, 3.05) is 13.1 Å². The summed E-state index contributed by atoms with van der Waals surface area (Å²) in [5, 5.41) is 2.96. The molecule has 6 nitrogen and oxygen atoms in total. The van der Waals surface area contributed by atoms with Gasteiger partial charge in [-0.05, 0) is 60.8 Å². The largest absolute Gasteiger partial charge is 0.466 e. The molecule has 0 aromatic carbocycles. The van der Waals surface area contributed by atoms with Crippen LogP contribution in [0.4, 0.5) is 4.79 Å². The van der Waals surface area contributed by atoms with Gasteiger partial charge < -0.3 is 19.4 Å². The molecular formula is C19H30N2O4. The maximum absolute atomic E-state index is 12.5. The van der Waals surface area contributed by atoms with E-state index in [9.17, 15) is 9.59 Å². The Kier molecular flexibility index (Phi) is 5.80. The van der Waals surface area contributed by atoms with Crippen molar-refractivity contribution in [2.24, 2.45) is 0 Å². The van der Waals surface area contributed by atoms with E-state index in [1.807, 2.05) is 34.6 Å². The number of nitrogens with one attached hydrogen (secondary N) is 1. The van der Waals surface area contributed by atoms with Gasteiger partial charge in [0.25, 0.3) is 5.91 Å². The fraction of sp³-hybridized carbons (Fsp3) is 0.684. The number of hydrogen-bond acceptors (Lipinski definition) is 4. The smallest absolute Gasteiger partial charge is 0.410 e. The van der Waals surface area contributed by atoms with E-state index in [1.165, 1.54) is 0 Å². The Hall–Kier alpha value is -1.98. The first-order valence-corrected chi connectivity index (χ1v) is 8.94. The Morgan fingerprint density at radius 3 is 2.44 bits per heavy atom. The van der Waals surface area contributed by atoms with Crippen LogP contribution in [0.1, 0.15) is 67.5 Å². The highest BCUT2D eigenvalue weighted by Crippen LogP contribution is 2.22. The van der Waals surface area contributed by atoms with Gasteiger partial charge in [0.05, 0.1) is 11.6 Å². The molecule has 2 rings (SSSR count). The second-order valence-corrected chi connectivity index (χ2v) is 7.75. The Balaban J connectivity index is 2.02. The van der Waals surface area contributed by atoms with E-state index in [2.05, 4.69) is 5.32 Å². The molecule has 6 heteroatoms. The van der Waals surface area contributed by atoms with E-state index in [0.717, 1.165) is 30.6 Å². The zero-order chi connectivity index (χ0) is 18.8. The summed E-state index contributed by atoms with van der Waals surface area (Å²) in [6.07, 6.45) is 2.56. The van der Waals surface area contributed by atoms with Crippen LogP contribution in [0.5, 0.6) is 0 Å². The number of carbonyl (C=O) groups excluding carboxylic acids is 2. The summed E-state index contributed by atoms with van der Waals surface area (Å²) in [6, 6.07) is -0.0406. The average molecular weight is 350 g/mol. The van der Waals surface area contributed by atoms with Gasteiger partial charge in [-0.25, -0.2) is 4.79 Å². The number of amides is 2. The molecule has 1 atom stereocenters. The van der Waals surface area contributed by atoms with Crippen LogP contribution in [0.25, 0.3) is 0 Å². The molecule has 2 amide bonds. The van der Waals surface area contributed by atoms with Crippen LogP contribution in [0, 0.1) is 20.8 Å². The minimum atomic E-state index is -0.523. The zero-order valence-corrected chi connectivity index (χ0v) is 16.2. The number of likely N-dealkylation sites (tertiary alicyclic amines) is 1. The summed E-state index contributed by atoms with van der Waals surface area (Å²) < 4.78 is 11.0. The minimum Gasteiger partial charge on any atom is -0.466 e. The molecule has 1 aromatic heterocycles. The summed E-state index contributed by atoms with van der Waals surface area (Å²) in [4.78, 5) is 26.7. The van der Waals surface area contributed by atoms with Crippen LogP contribution in [0.2, 0.25) is 0 Å². The molecular weight excluding hydrogens is 320 g/mol. The van der Waals surface area contributed by atoms with Crippen molar-refractivity contribution in [3.05, 3.63) is 22.6 Å². The van der Waals surface area contributed by atoms with Gasteiger partial charge >= 0.3 is 6.09 Å². The molecule has 1 N–H and O–H groups in total. The first-order chi connectivity index (χ1) is 11.6. The van der Waals surface area contributed by atoms with Gasteiger partial charge in [-0.3, -0.25) is 4.79 Å². The van der Waals surface area contributed by atoms with Gasteiger partial charge in [0.1, 0.15) is 17.1 Å². The van der Waals surface area contributed by atoms with Crippen LogP contribution in [0.15, 0.2) is 4.42 Å². The lowest BCUT2D eigenvalue weighted by atomic mass is 10.0. The van der Waals surface area contributed by atoms with Crippen LogP contribution in [0.3, 0.4) is 0 Å². The third kappa shape index (κ3) is 4.77. The summed E-state index contributed by atoms with van der Waals surface area (Å²) in [5.41, 5.74) is 0.935. The Morgan fingerprint density at radius 1 is 1.20 bits per heavy atom. The average Bonchev–Trinajstić information content (AvgIpc) is 2.76. The number of nitrogens with zero attached hydrogens (tertiary/aromatic N) is 1. The molecule has 1 saturated heterocycles. The standard InChI is InChI=1S/C19H30N2O4/c1-12-13(2)24-14(3)16(12)17(22)20-11-15-9-7-8-10-21(15)18(23)25-19(4,5)6/h15H,7-11H2,1-6H3,(H,20,22)/t15-/m0/s1. The van der Waals surface area contributed by atoms with Crippen molar-refractivity contribution in [1.82, 2.24) is 10.2 Å². The molecule has 1 aliphatic rings. The van der Waals surface area contributed by atoms with E-state index < -0.39 is 5.60 Å². The SMILES string of the molecule is Cc1oc(C)c(C(=O)NC[C@@H]2CCCCN2C(=O)OC(C)(C)C)c1C. The van der Waals surface area contributed by atoms with E-state index in [-0.39, 0.29) is 18.0 Å². The molecule has 140 valence electrons. The topological polar surface area (TPSA) is 71.8 Å². The van der Waals surface area contributed by atoms with Gasteiger partial charge in [0, 0.05) is 18.7 Å². The summed E-state index contributed by atoms with van der Waals surface area (Å²) >= 11 is 0.